The van der Waals surface area contributed by atoms with Gasteiger partial charge in [-0.05, 0) is 12.8 Å². The van der Waals surface area contributed by atoms with Crippen LogP contribution < -0.4 is 0 Å². The number of hydrogen-bond donors (Lipinski definition) is 0. The van der Waals surface area contributed by atoms with Crippen LogP contribution in [0.4, 0.5) is 0 Å². The van der Waals surface area contributed by atoms with Gasteiger partial charge in [-0.3, -0.25) is 0 Å². The highest BCUT2D eigenvalue weighted by atomic mass is 16.6. The Kier molecular flexibility index (Phi) is 2.91. The summed E-state index contributed by atoms with van der Waals surface area (Å²) in [7, 11) is 1.71. The van der Waals surface area contributed by atoms with E-state index in [9.17, 15) is 0 Å². The molecule has 0 aromatic rings. The van der Waals surface area contributed by atoms with Crippen molar-refractivity contribution in [3.05, 3.63) is 12.2 Å². The van der Waals surface area contributed by atoms with Crippen molar-refractivity contribution in [2.45, 2.75) is 32.5 Å². The molecule has 12 heavy (non-hydrogen) atoms. The van der Waals surface area contributed by atoms with Crippen molar-refractivity contribution >= 4 is 0 Å². The largest absolute Gasteiger partial charge is 0.381 e. The van der Waals surface area contributed by atoms with Gasteiger partial charge in [0.2, 0.25) is 0 Å². The second-order valence-electron chi connectivity index (χ2n) is 3.75. The highest BCUT2D eigenvalue weighted by molar-refractivity contribution is 5.15. The van der Waals surface area contributed by atoms with Crippen LogP contribution in [0.25, 0.3) is 0 Å². The first-order valence-electron chi connectivity index (χ1n) is 4.47. The fraction of sp³-hybridized carbons (Fsp3) is 0.800. The lowest BCUT2D eigenvalue weighted by atomic mass is 10.0. The van der Waals surface area contributed by atoms with E-state index in [-0.39, 0.29) is 5.60 Å². The van der Waals surface area contributed by atoms with Crippen LogP contribution in [0.15, 0.2) is 12.2 Å². The molecular formula is C10H18O2. The molecule has 2 unspecified atom stereocenters. The molecule has 1 fully saturated rings. The summed E-state index contributed by atoms with van der Waals surface area (Å²) in [6.45, 7) is 7.05. The first-order chi connectivity index (χ1) is 5.60. The summed E-state index contributed by atoms with van der Waals surface area (Å²) in [6.07, 6.45) is 4.61. The SMILES string of the molecule is COCC1(C=CC(C)C)OC1C. The molecule has 1 rings (SSSR count). The van der Waals surface area contributed by atoms with E-state index in [2.05, 4.69) is 32.9 Å². The van der Waals surface area contributed by atoms with Gasteiger partial charge >= 0.3 is 0 Å². The zero-order valence-corrected chi connectivity index (χ0v) is 8.33. The second kappa shape index (κ2) is 3.58. The topological polar surface area (TPSA) is 21.8 Å². The molecule has 0 aromatic heterocycles. The van der Waals surface area contributed by atoms with Gasteiger partial charge in [0.15, 0.2) is 0 Å². The molecule has 0 radical (unpaired) electrons. The molecule has 1 saturated heterocycles. The minimum absolute atomic E-state index is 0.112. The second-order valence-corrected chi connectivity index (χ2v) is 3.75. The summed E-state index contributed by atoms with van der Waals surface area (Å²) < 4.78 is 10.6. The molecule has 70 valence electrons. The predicted molar refractivity (Wildman–Crippen MR) is 49.1 cm³/mol. The molecule has 0 amide bonds. The molecule has 0 aromatic carbocycles. The third kappa shape index (κ3) is 2.08. The zero-order chi connectivity index (χ0) is 9.19. The van der Waals surface area contributed by atoms with Crippen LogP contribution in [0, 0.1) is 5.92 Å². The van der Waals surface area contributed by atoms with Gasteiger partial charge in [0.05, 0.1) is 12.7 Å². The molecule has 0 N–H and O–H groups in total. The van der Waals surface area contributed by atoms with Crippen molar-refractivity contribution in [2.75, 3.05) is 13.7 Å². The maximum absolute atomic E-state index is 5.48. The van der Waals surface area contributed by atoms with Gasteiger partial charge in [0.25, 0.3) is 0 Å². The van der Waals surface area contributed by atoms with Crippen molar-refractivity contribution in [3.8, 4) is 0 Å². The minimum atomic E-state index is -0.112. The van der Waals surface area contributed by atoms with Crippen molar-refractivity contribution in [1.29, 1.82) is 0 Å². The summed E-state index contributed by atoms with van der Waals surface area (Å²) in [5, 5.41) is 0. The van der Waals surface area contributed by atoms with Crippen LogP contribution in [-0.2, 0) is 9.47 Å². The van der Waals surface area contributed by atoms with Crippen LogP contribution in [0.3, 0.4) is 0 Å². The Morgan fingerprint density at radius 1 is 1.58 bits per heavy atom. The Hall–Kier alpha value is -0.340. The monoisotopic (exact) mass is 170 g/mol. The van der Waals surface area contributed by atoms with Crippen LogP contribution in [-0.4, -0.2) is 25.4 Å². The van der Waals surface area contributed by atoms with E-state index in [4.69, 9.17) is 9.47 Å². The molecule has 0 bridgehead atoms. The normalized spacial score (nSPS) is 34.9. The van der Waals surface area contributed by atoms with Gasteiger partial charge in [-0.15, -0.1) is 0 Å². The third-order valence-electron chi connectivity index (χ3n) is 2.16. The number of epoxide rings is 1. The summed E-state index contributed by atoms with van der Waals surface area (Å²) >= 11 is 0. The van der Waals surface area contributed by atoms with E-state index in [1.165, 1.54) is 0 Å². The van der Waals surface area contributed by atoms with Crippen LogP contribution in [0.5, 0.6) is 0 Å². The molecular weight excluding hydrogens is 152 g/mol. The Morgan fingerprint density at radius 2 is 2.17 bits per heavy atom. The van der Waals surface area contributed by atoms with E-state index in [0.29, 0.717) is 18.6 Å². The first kappa shape index (κ1) is 9.75. The van der Waals surface area contributed by atoms with Gasteiger partial charge in [-0.2, -0.15) is 0 Å². The number of hydrogen-bond acceptors (Lipinski definition) is 2. The first-order valence-corrected chi connectivity index (χ1v) is 4.47. The number of rotatable bonds is 4. The fourth-order valence-electron chi connectivity index (χ4n) is 1.25. The molecule has 2 nitrogen and oxygen atoms in total. The molecule has 0 aliphatic carbocycles. The van der Waals surface area contributed by atoms with Gasteiger partial charge in [0.1, 0.15) is 5.60 Å². The molecule has 1 heterocycles. The van der Waals surface area contributed by atoms with E-state index < -0.39 is 0 Å². The maximum atomic E-state index is 5.48. The van der Waals surface area contributed by atoms with Gasteiger partial charge in [0, 0.05) is 7.11 Å². The lowest BCUT2D eigenvalue weighted by Crippen LogP contribution is -2.18. The summed E-state index contributed by atoms with van der Waals surface area (Å²) in [4.78, 5) is 0. The van der Waals surface area contributed by atoms with Crippen molar-refractivity contribution in [3.63, 3.8) is 0 Å². The van der Waals surface area contributed by atoms with Gasteiger partial charge in [-0.25, -0.2) is 0 Å². The van der Waals surface area contributed by atoms with Crippen LogP contribution in [0.2, 0.25) is 0 Å². The average Bonchev–Trinajstić information content (AvgIpc) is 2.60. The maximum Gasteiger partial charge on any atom is 0.136 e. The Morgan fingerprint density at radius 3 is 2.50 bits per heavy atom. The Labute approximate surface area is 74.6 Å². The molecule has 2 atom stereocenters. The highest BCUT2D eigenvalue weighted by Crippen LogP contribution is 2.38. The highest BCUT2D eigenvalue weighted by Gasteiger charge is 2.51. The van der Waals surface area contributed by atoms with Crippen LogP contribution >= 0.6 is 0 Å². The standard InChI is InChI=1S/C10H18O2/c1-8(2)5-6-10(7-11-4)9(3)12-10/h5-6,8-9H,7H2,1-4H3. The number of ether oxygens (including phenoxy) is 2. The molecule has 1 aliphatic heterocycles. The third-order valence-corrected chi connectivity index (χ3v) is 2.16. The van der Waals surface area contributed by atoms with Crippen molar-refractivity contribution in [1.82, 2.24) is 0 Å². The van der Waals surface area contributed by atoms with Gasteiger partial charge < -0.3 is 9.47 Å². The fourth-order valence-corrected chi connectivity index (χ4v) is 1.25. The molecule has 1 aliphatic rings. The van der Waals surface area contributed by atoms with Crippen molar-refractivity contribution < 1.29 is 9.47 Å². The summed E-state index contributed by atoms with van der Waals surface area (Å²) in [6, 6.07) is 0. The molecule has 0 spiro atoms. The van der Waals surface area contributed by atoms with Gasteiger partial charge in [-0.1, -0.05) is 26.0 Å². The summed E-state index contributed by atoms with van der Waals surface area (Å²) in [5.41, 5.74) is -0.112. The lowest BCUT2D eigenvalue weighted by Gasteiger charge is -2.05. The number of methoxy groups -OCH3 is 1. The van der Waals surface area contributed by atoms with E-state index in [1.807, 2.05) is 0 Å². The Balaban J connectivity index is 2.47. The molecule has 0 saturated carbocycles. The van der Waals surface area contributed by atoms with Crippen LogP contribution in [0.1, 0.15) is 20.8 Å². The molecule has 2 heteroatoms. The lowest BCUT2D eigenvalue weighted by molar-refractivity contribution is 0.142. The zero-order valence-electron chi connectivity index (χ0n) is 8.33. The predicted octanol–water partition coefficient (Wildman–Crippen LogP) is 2.00. The Bertz CT molecular complexity index is 175. The van der Waals surface area contributed by atoms with Crippen molar-refractivity contribution in [2.24, 2.45) is 5.92 Å². The smallest absolute Gasteiger partial charge is 0.136 e. The van der Waals surface area contributed by atoms with E-state index >= 15 is 0 Å². The minimum Gasteiger partial charge on any atom is -0.381 e. The number of allylic oxidation sites excluding steroid dienone is 1. The quantitative estimate of drug-likeness (QED) is 0.475. The van der Waals surface area contributed by atoms with E-state index in [1.54, 1.807) is 7.11 Å². The van der Waals surface area contributed by atoms with E-state index in [0.717, 1.165) is 0 Å². The summed E-state index contributed by atoms with van der Waals surface area (Å²) in [5.74, 6) is 0.579. The average molecular weight is 170 g/mol.